The van der Waals surface area contributed by atoms with Gasteiger partial charge in [0.1, 0.15) is 0 Å². The van der Waals surface area contributed by atoms with Crippen LogP contribution in [0.2, 0.25) is 0 Å². The number of hydrogen-bond acceptors (Lipinski definition) is 1. The highest BCUT2D eigenvalue weighted by molar-refractivity contribution is 6.07. The average molecular weight is 323 g/mol. The van der Waals surface area contributed by atoms with E-state index >= 15 is 0 Å². The molecule has 0 aliphatic carbocycles. The molecule has 0 saturated carbocycles. The highest BCUT2D eigenvalue weighted by Gasteiger charge is 2.17. The maximum atomic E-state index is 13.2. The first-order valence-corrected chi connectivity index (χ1v) is 9.63. The van der Waals surface area contributed by atoms with Gasteiger partial charge in [-0.25, -0.2) is 0 Å². The summed E-state index contributed by atoms with van der Waals surface area (Å²) in [5, 5.41) is 2.23. The van der Waals surface area contributed by atoms with Crippen molar-refractivity contribution in [1.82, 2.24) is 4.90 Å². The van der Waals surface area contributed by atoms with Crippen LogP contribution in [-0.4, -0.2) is 23.9 Å². The van der Waals surface area contributed by atoms with Gasteiger partial charge in [0.05, 0.1) is 0 Å². The zero-order chi connectivity index (χ0) is 16.6. The third kappa shape index (κ3) is 4.37. The zero-order valence-corrected chi connectivity index (χ0v) is 14.7. The zero-order valence-electron chi connectivity index (χ0n) is 14.7. The van der Waals surface area contributed by atoms with E-state index in [1.54, 1.807) is 0 Å². The Hall–Kier alpha value is -1.83. The third-order valence-electron chi connectivity index (χ3n) is 5.16. The van der Waals surface area contributed by atoms with E-state index in [1.165, 1.54) is 44.9 Å². The van der Waals surface area contributed by atoms with Gasteiger partial charge in [-0.15, -0.1) is 0 Å². The molecule has 2 heteroatoms. The molecule has 0 N–H and O–H groups in total. The third-order valence-corrected chi connectivity index (χ3v) is 5.16. The SMILES string of the molecule is O=C(c1cccc2ccccc12)N1CCCCCCCCCCC1. The molecular weight excluding hydrogens is 294 g/mol. The molecule has 1 aliphatic heterocycles. The Bertz CT molecular complexity index is 647. The Labute approximate surface area is 145 Å². The first-order chi connectivity index (χ1) is 11.9. The van der Waals surface area contributed by atoms with Crippen LogP contribution in [0.15, 0.2) is 42.5 Å². The van der Waals surface area contributed by atoms with Crippen molar-refractivity contribution in [3.05, 3.63) is 48.0 Å². The molecule has 1 amide bonds. The minimum absolute atomic E-state index is 0.212. The molecule has 1 aliphatic rings. The largest absolute Gasteiger partial charge is 0.339 e. The van der Waals surface area contributed by atoms with Gasteiger partial charge in [-0.2, -0.15) is 0 Å². The summed E-state index contributed by atoms with van der Waals surface area (Å²) in [6, 6.07) is 14.3. The fraction of sp³-hybridized carbons (Fsp3) is 0.500. The lowest BCUT2D eigenvalue weighted by atomic mass is 10.0. The first kappa shape index (κ1) is 17.0. The lowest BCUT2D eigenvalue weighted by Crippen LogP contribution is -2.33. The van der Waals surface area contributed by atoms with Crippen molar-refractivity contribution in [2.75, 3.05) is 13.1 Å². The summed E-state index contributed by atoms with van der Waals surface area (Å²) in [5.74, 6) is 0.212. The average Bonchev–Trinajstić information content (AvgIpc) is 2.61. The van der Waals surface area contributed by atoms with Gasteiger partial charge in [0, 0.05) is 18.7 Å². The number of carbonyl (C=O) groups is 1. The van der Waals surface area contributed by atoms with E-state index in [1.807, 2.05) is 24.3 Å². The van der Waals surface area contributed by atoms with Crippen molar-refractivity contribution in [2.45, 2.75) is 57.8 Å². The van der Waals surface area contributed by atoms with E-state index < -0.39 is 0 Å². The molecule has 2 aromatic rings. The summed E-state index contributed by atoms with van der Waals surface area (Å²) in [5.41, 5.74) is 0.861. The van der Waals surface area contributed by atoms with Crippen molar-refractivity contribution in [3.8, 4) is 0 Å². The Morgan fingerprint density at radius 2 is 1.21 bits per heavy atom. The van der Waals surface area contributed by atoms with Crippen LogP contribution in [0.4, 0.5) is 0 Å². The van der Waals surface area contributed by atoms with E-state index in [9.17, 15) is 4.79 Å². The lowest BCUT2D eigenvalue weighted by molar-refractivity contribution is 0.0750. The van der Waals surface area contributed by atoms with Gasteiger partial charge in [-0.1, -0.05) is 81.3 Å². The molecule has 3 rings (SSSR count). The molecule has 0 aromatic heterocycles. The number of nitrogens with zero attached hydrogens (tertiary/aromatic N) is 1. The molecular formula is C22H29NO. The molecule has 1 heterocycles. The van der Waals surface area contributed by atoms with Gasteiger partial charge in [-0.05, 0) is 29.7 Å². The second-order valence-electron chi connectivity index (χ2n) is 7.00. The smallest absolute Gasteiger partial charge is 0.254 e. The Morgan fingerprint density at radius 1 is 0.667 bits per heavy atom. The van der Waals surface area contributed by atoms with Gasteiger partial charge in [0.15, 0.2) is 0 Å². The van der Waals surface area contributed by atoms with Crippen molar-refractivity contribution >= 4 is 16.7 Å². The number of carbonyl (C=O) groups excluding carboxylic acids is 1. The highest BCUT2D eigenvalue weighted by Crippen LogP contribution is 2.21. The van der Waals surface area contributed by atoms with Gasteiger partial charge in [0.2, 0.25) is 0 Å². The van der Waals surface area contributed by atoms with E-state index in [0.717, 1.165) is 42.3 Å². The topological polar surface area (TPSA) is 20.3 Å². The van der Waals surface area contributed by atoms with Gasteiger partial charge in [0.25, 0.3) is 5.91 Å². The number of fused-ring (bicyclic) bond motifs is 1. The summed E-state index contributed by atoms with van der Waals surface area (Å²) in [4.78, 5) is 15.3. The fourth-order valence-corrected chi connectivity index (χ4v) is 3.74. The summed E-state index contributed by atoms with van der Waals surface area (Å²) >= 11 is 0. The summed E-state index contributed by atoms with van der Waals surface area (Å²) < 4.78 is 0. The van der Waals surface area contributed by atoms with Crippen LogP contribution < -0.4 is 0 Å². The molecule has 2 aromatic carbocycles. The van der Waals surface area contributed by atoms with E-state index in [0.29, 0.717) is 0 Å². The van der Waals surface area contributed by atoms with Crippen molar-refractivity contribution in [2.24, 2.45) is 0 Å². The van der Waals surface area contributed by atoms with Crippen molar-refractivity contribution in [3.63, 3.8) is 0 Å². The van der Waals surface area contributed by atoms with Crippen LogP contribution in [0.1, 0.15) is 68.1 Å². The monoisotopic (exact) mass is 323 g/mol. The van der Waals surface area contributed by atoms with E-state index in [2.05, 4.69) is 23.1 Å². The summed E-state index contributed by atoms with van der Waals surface area (Å²) in [7, 11) is 0. The van der Waals surface area contributed by atoms with Crippen LogP contribution in [0.3, 0.4) is 0 Å². The minimum atomic E-state index is 0.212. The van der Waals surface area contributed by atoms with E-state index in [4.69, 9.17) is 0 Å². The van der Waals surface area contributed by atoms with Crippen LogP contribution in [0.25, 0.3) is 10.8 Å². The van der Waals surface area contributed by atoms with Crippen molar-refractivity contribution in [1.29, 1.82) is 0 Å². The second kappa shape index (κ2) is 8.86. The van der Waals surface area contributed by atoms with Crippen LogP contribution in [0, 0.1) is 0 Å². The van der Waals surface area contributed by atoms with Crippen LogP contribution >= 0.6 is 0 Å². The molecule has 1 saturated heterocycles. The second-order valence-corrected chi connectivity index (χ2v) is 7.00. The first-order valence-electron chi connectivity index (χ1n) is 9.63. The van der Waals surface area contributed by atoms with Gasteiger partial charge >= 0.3 is 0 Å². The Kier molecular flexibility index (Phi) is 6.28. The van der Waals surface area contributed by atoms with E-state index in [-0.39, 0.29) is 5.91 Å². The van der Waals surface area contributed by atoms with Crippen LogP contribution in [0.5, 0.6) is 0 Å². The standard InChI is InChI=1S/C22H29NO/c24-22(21-16-12-14-19-13-8-9-15-20(19)21)23-17-10-6-4-2-1-3-5-7-11-18-23/h8-9,12-16H,1-7,10-11,17-18H2. The Morgan fingerprint density at radius 3 is 1.88 bits per heavy atom. The molecule has 2 nitrogen and oxygen atoms in total. The summed E-state index contributed by atoms with van der Waals surface area (Å²) in [6.45, 7) is 1.81. The molecule has 0 radical (unpaired) electrons. The highest BCUT2D eigenvalue weighted by atomic mass is 16.2. The van der Waals surface area contributed by atoms with Gasteiger partial charge < -0.3 is 4.90 Å². The van der Waals surface area contributed by atoms with Crippen LogP contribution in [-0.2, 0) is 0 Å². The molecule has 24 heavy (non-hydrogen) atoms. The maximum absolute atomic E-state index is 13.2. The molecule has 128 valence electrons. The number of benzene rings is 2. The van der Waals surface area contributed by atoms with Gasteiger partial charge in [-0.3, -0.25) is 4.79 Å². The molecule has 1 fully saturated rings. The lowest BCUT2D eigenvalue weighted by Gasteiger charge is -2.24. The Balaban J connectivity index is 1.76. The normalized spacial score (nSPS) is 17.9. The summed E-state index contributed by atoms with van der Waals surface area (Å²) in [6.07, 6.45) is 11.5. The van der Waals surface area contributed by atoms with Crippen molar-refractivity contribution < 1.29 is 4.79 Å². The number of hydrogen-bond donors (Lipinski definition) is 0. The number of rotatable bonds is 1. The fourth-order valence-electron chi connectivity index (χ4n) is 3.74. The molecule has 0 spiro atoms. The quantitative estimate of drug-likeness (QED) is 0.649. The molecule has 0 unspecified atom stereocenters. The maximum Gasteiger partial charge on any atom is 0.254 e. The molecule has 0 bridgehead atoms. The predicted octanol–water partition coefficient (Wildman–Crippen LogP) is 5.81. The number of amides is 1. The predicted molar refractivity (Wildman–Crippen MR) is 101 cm³/mol. The molecule has 0 atom stereocenters. The minimum Gasteiger partial charge on any atom is -0.339 e.